The normalized spacial score (nSPS) is 14.6. The molecule has 148 valence electrons. The van der Waals surface area contributed by atoms with Crippen molar-refractivity contribution in [3.63, 3.8) is 0 Å². The molecule has 0 aliphatic heterocycles. The summed E-state index contributed by atoms with van der Waals surface area (Å²) in [4.78, 5) is 16.4. The highest BCUT2D eigenvalue weighted by Crippen LogP contribution is 2.42. The van der Waals surface area contributed by atoms with E-state index in [1.54, 1.807) is 18.5 Å². The van der Waals surface area contributed by atoms with Crippen LogP contribution in [-0.4, -0.2) is 36.8 Å². The largest absolute Gasteiger partial charge is 0.435 e. The van der Waals surface area contributed by atoms with E-state index in [1.165, 1.54) is 9.20 Å². The minimum absolute atomic E-state index is 0.156. The molecule has 1 aliphatic rings. The highest BCUT2D eigenvalue weighted by Gasteiger charge is 2.37. The van der Waals surface area contributed by atoms with E-state index in [1.807, 2.05) is 0 Å². The maximum Gasteiger partial charge on any atom is 0.435 e. The molecule has 11 heteroatoms. The molecular weight excluding hydrogens is 441 g/mol. The zero-order valence-corrected chi connectivity index (χ0v) is 16.2. The van der Waals surface area contributed by atoms with E-state index < -0.39 is 11.9 Å². The Hall–Kier alpha value is -2.43. The summed E-state index contributed by atoms with van der Waals surface area (Å²) in [6, 6.07) is 2.70. The number of hydrogen-bond donors (Lipinski definition) is 1. The monoisotopic (exact) mass is 456 g/mol. The second-order valence-corrected chi connectivity index (χ2v) is 7.58. The van der Waals surface area contributed by atoms with Crippen LogP contribution in [0.4, 0.5) is 13.2 Å². The lowest BCUT2D eigenvalue weighted by atomic mass is 10.2. The number of carbonyl (C=O) groups excluding carboxylic acids is 1. The molecule has 0 saturated heterocycles. The van der Waals surface area contributed by atoms with Crippen molar-refractivity contribution in [1.82, 2.24) is 29.7 Å². The maximum atomic E-state index is 12.9. The average Bonchev–Trinajstić information content (AvgIpc) is 3.23. The first-order valence-corrected chi connectivity index (χ1v) is 9.54. The average molecular weight is 457 g/mol. The van der Waals surface area contributed by atoms with E-state index in [9.17, 15) is 18.0 Å². The molecule has 1 amide bonds. The van der Waals surface area contributed by atoms with Gasteiger partial charge in [0, 0.05) is 43.2 Å². The van der Waals surface area contributed by atoms with Crippen molar-refractivity contribution in [3.8, 4) is 0 Å². The summed E-state index contributed by atoms with van der Waals surface area (Å²) in [5, 5.41) is 10.6. The molecule has 0 unspecified atom stereocenters. The van der Waals surface area contributed by atoms with Gasteiger partial charge in [-0.25, -0.2) is 9.50 Å². The summed E-state index contributed by atoms with van der Waals surface area (Å²) in [6.45, 7) is 0.608. The number of amides is 1. The van der Waals surface area contributed by atoms with Gasteiger partial charge in [0.25, 0.3) is 5.91 Å². The Labute approximate surface area is 166 Å². The molecule has 3 aromatic rings. The number of nitrogens with one attached hydrogen (secondary N) is 1. The first-order chi connectivity index (χ1) is 13.3. The smallest absolute Gasteiger partial charge is 0.351 e. The zero-order chi connectivity index (χ0) is 19.9. The molecule has 0 spiro atoms. The number of alkyl halides is 3. The fourth-order valence-corrected chi connectivity index (χ4v) is 3.24. The number of hydrogen-bond acceptors (Lipinski definition) is 4. The molecule has 1 N–H and O–H groups in total. The molecule has 28 heavy (non-hydrogen) atoms. The minimum Gasteiger partial charge on any atom is -0.351 e. The van der Waals surface area contributed by atoms with E-state index in [4.69, 9.17) is 0 Å². The van der Waals surface area contributed by atoms with Crippen LogP contribution in [0.3, 0.4) is 0 Å². The number of aromatic nitrogens is 5. The minimum atomic E-state index is -4.45. The van der Waals surface area contributed by atoms with Gasteiger partial charge < -0.3 is 5.32 Å². The number of aryl methyl sites for hydroxylation is 1. The molecular formula is C17H16BrF3N6O. The van der Waals surface area contributed by atoms with E-state index >= 15 is 0 Å². The van der Waals surface area contributed by atoms with Crippen molar-refractivity contribution in [3.05, 3.63) is 46.1 Å². The van der Waals surface area contributed by atoms with Crippen molar-refractivity contribution in [1.29, 1.82) is 0 Å². The van der Waals surface area contributed by atoms with Gasteiger partial charge in [0.05, 0.1) is 4.47 Å². The molecule has 1 fully saturated rings. The lowest BCUT2D eigenvalue weighted by Crippen LogP contribution is -2.26. The Morgan fingerprint density at radius 2 is 2.07 bits per heavy atom. The van der Waals surface area contributed by atoms with Crippen LogP contribution < -0.4 is 5.32 Å². The zero-order valence-electron chi connectivity index (χ0n) is 14.6. The number of carbonyl (C=O) groups is 1. The van der Waals surface area contributed by atoms with Crippen LogP contribution in [0.5, 0.6) is 0 Å². The summed E-state index contributed by atoms with van der Waals surface area (Å²) in [6.07, 6.45) is 1.08. The van der Waals surface area contributed by atoms with Gasteiger partial charge in [-0.2, -0.15) is 23.4 Å². The molecule has 7 nitrogen and oxygen atoms in total. The highest BCUT2D eigenvalue weighted by molar-refractivity contribution is 9.10. The molecule has 0 radical (unpaired) electrons. The molecule has 0 bridgehead atoms. The first kappa shape index (κ1) is 18.9. The number of rotatable bonds is 6. The van der Waals surface area contributed by atoms with E-state index in [-0.39, 0.29) is 17.5 Å². The van der Waals surface area contributed by atoms with Crippen LogP contribution >= 0.6 is 15.9 Å². The Balaban J connectivity index is 1.35. The maximum absolute atomic E-state index is 12.9. The summed E-state index contributed by atoms with van der Waals surface area (Å²) < 4.78 is 42.4. The van der Waals surface area contributed by atoms with Gasteiger partial charge in [-0.15, -0.1) is 0 Å². The lowest BCUT2D eigenvalue weighted by molar-refractivity contribution is -0.141. The Bertz CT molecular complexity index is 1020. The predicted octanol–water partition coefficient (Wildman–Crippen LogP) is 3.40. The van der Waals surface area contributed by atoms with E-state index in [0.29, 0.717) is 30.9 Å². The van der Waals surface area contributed by atoms with Crippen LogP contribution in [0.25, 0.3) is 5.65 Å². The van der Waals surface area contributed by atoms with Gasteiger partial charge in [-0.05, 0) is 41.3 Å². The first-order valence-electron chi connectivity index (χ1n) is 8.75. The molecule has 3 aromatic heterocycles. The van der Waals surface area contributed by atoms with Crippen LogP contribution in [-0.2, 0) is 12.7 Å². The summed E-state index contributed by atoms with van der Waals surface area (Å²) >= 11 is 3.28. The van der Waals surface area contributed by atoms with Crippen molar-refractivity contribution >= 4 is 27.5 Å². The van der Waals surface area contributed by atoms with Gasteiger partial charge in [-0.3, -0.25) is 9.48 Å². The predicted molar refractivity (Wildman–Crippen MR) is 96.8 cm³/mol. The van der Waals surface area contributed by atoms with Gasteiger partial charge >= 0.3 is 6.18 Å². The van der Waals surface area contributed by atoms with E-state index in [0.717, 1.165) is 23.4 Å². The van der Waals surface area contributed by atoms with Gasteiger partial charge in [0.2, 0.25) is 0 Å². The third-order valence-corrected chi connectivity index (χ3v) is 4.85. The summed E-state index contributed by atoms with van der Waals surface area (Å²) in [7, 11) is 0. The van der Waals surface area contributed by atoms with Crippen molar-refractivity contribution in [2.45, 2.75) is 37.9 Å². The fourth-order valence-electron chi connectivity index (χ4n) is 2.94. The Morgan fingerprint density at radius 3 is 2.79 bits per heavy atom. The molecule has 0 aromatic carbocycles. The molecule has 1 aliphatic carbocycles. The fraction of sp³-hybridized carbons (Fsp3) is 0.412. The van der Waals surface area contributed by atoms with Crippen molar-refractivity contribution < 1.29 is 18.0 Å². The second-order valence-electron chi connectivity index (χ2n) is 6.66. The number of fused-ring (bicyclic) bond motifs is 1. The van der Waals surface area contributed by atoms with Gasteiger partial charge in [-0.1, -0.05) is 0 Å². The molecule has 0 atom stereocenters. The summed E-state index contributed by atoms with van der Waals surface area (Å²) in [5.74, 6) is -0.205. The van der Waals surface area contributed by atoms with Crippen molar-refractivity contribution in [2.75, 3.05) is 6.54 Å². The number of halogens is 4. The SMILES string of the molecule is O=C(NCCCn1nc(C(F)(F)F)cc1C1CC1)c1cc2ncc(Br)cn2n1. The summed E-state index contributed by atoms with van der Waals surface area (Å²) in [5.41, 5.74) is 0.527. The van der Waals surface area contributed by atoms with Crippen LogP contribution in [0.1, 0.15) is 47.1 Å². The van der Waals surface area contributed by atoms with Crippen molar-refractivity contribution in [2.24, 2.45) is 0 Å². The van der Waals surface area contributed by atoms with Gasteiger partial charge in [0.1, 0.15) is 0 Å². The third kappa shape index (κ3) is 4.03. The standard InChI is InChI=1S/C17H16BrF3N6O/c18-11-8-23-15-6-12(24-27(15)9-11)16(28)22-4-1-5-26-13(10-2-3-10)7-14(25-26)17(19,20)21/h6-10H,1-5H2,(H,22,28). The quantitative estimate of drug-likeness (QED) is 0.576. The molecule has 4 rings (SSSR count). The lowest BCUT2D eigenvalue weighted by Gasteiger charge is -2.07. The van der Waals surface area contributed by atoms with Crippen LogP contribution in [0, 0.1) is 0 Å². The van der Waals surface area contributed by atoms with Crippen LogP contribution in [0.15, 0.2) is 29.0 Å². The molecule has 1 saturated carbocycles. The Kier molecular flexibility index (Phi) is 4.86. The highest BCUT2D eigenvalue weighted by atomic mass is 79.9. The Morgan fingerprint density at radius 1 is 1.29 bits per heavy atom. The number of nitrogens with zero attached hydrogens (tertiary/aromatic N) is 5. The topological polar surface area (TPSA) is 77.1 Å². The second kappa shape index (κ2) is 7.19. The van der Waals surface area contributed by atoms with Crippen LogP contribution in [0.2, 0.25) is 0 Å². The van der Waals surface area contributed by atoms with Gasteiger partial charge in [0.15, 0.2) is 17.0 Å². The third-order valence-electron chi connectivity index (χ3n) is 4.44. The van der Waals surface area contributed by atoms with E-state index in [2.05, 4.69) is 36.4 Å². The molecule has 3 heterocycles.